The predicted molar refractivity (Wildman–Crippen MR) is 117 cm³/mol. The number of rotatable bonds is 6. The van der Waals surface area contributed by atoms with Gasteiger partial charge in [-0.1, -0.05) is 30.4 Å². The van der Waals surface area contributed by atoms with Gasteiger partial charge in [0.25, 0.3) is 5.91 Å². The molecule has 168 valence electrons. The molecule has 0 aliphatic rings. The van der Waals surface area contributed by atoms with Crippen LogP contribution in [0.15, 0.2) is 52.4 Å². The summed E-state index contributed by atoms with van der Waals surface area (Å²) in [5.74, 6) is -2.03. The maximum absolute atomic E-state index is 13.0. The number of benzene rings is 2. The van der Waals surface area contributed by atoms with Crippen LogP contribution in [-0.4, -0.2) is 50.8 Å². The molecule has 0 radical (unpaired) electrons. The van der Waals surface area contributed by atoms with E-state index >= 15 is 0 Å². The highest BCUT2D eigenvalue weighted by molar-refractivity contribution is 7.91. The van der Waals surface area contributed by atoms with Crippen LogP contribution in [0.1, 0.15) is 27.6 Å². The van der Waals surface area contributed by atoms with Gasteiger partial charge in [-0.05, 0) is 30.3 Å². The summed E-state index contributed by atoms with van der Waals surface area (Å²) < 4.78 is 36.3. The van der Waals surface area contributed by atoms with Crippen LogP contribution in [0.25, 0.3) is 10.2 Å². The standard InChI is InChI=1S/C21H20N2O7S2/c1-4-32(27,28)17-8-6-5-7-14(17)19(25)22-21-23(12-18(24)29-2)15-10-9-13(20(26)30-3)11-16(15)31-21/h5-11H,4,12H2,1-3H3. The molecule has 32 heavy (non-hydrogen) atoms. The molecule has 2 aromatic carbocycles. The smallest absolute Gasteiger partial charge is 0.337 e. The lowest BCUT2D eigenvalue weighted by molar-refractivity contribution is -0.141. The minimum atomic E-state index is -3.65. The van der Waals surface area contributed by atoms with Gasteiger partial charge in [-0.15, -0.1) is 0 Å². The van der Waals surface area contributed by atoms with E-state index in [0.29, 0.717) is 15.8 Å². The van der Waals surface area contributed by atoms with E-state index in [9.17, 15) is 22.8 Å². The highest BCUT2D eigenvalue weighted by atomic mass is 32.2. The van der Waals surface area contributed by atoms with Crippen LogP contribution in [0, 0.1) is 0 Å². The average Bonchev–Trinajstić information content (AvgIpc) is 3.14. The normalized spacial score (nSPS) is 12.0. The minimum absolute atomic E-state index is 0.0633. The Morgan fingerprint density at radius 2 is 1.78 bits per heavy atom. The number of sulfone groups is 1. The number of thiazole rings is 1. The second-order valence-electron chi connectivity index (χ2n) is 6.54. The Labute approximate surface area is 187 Å². The topological polar surface area (TPSA) is 121 Å². The number of carbonyl (C=O) groups is 3. The summed E-state index contributed by atoms with van der Waals surface area (Å²) in [6.45, 7) is 1.26. The third kappa shape index (κ3) is 4.63. The molecular weight excluding hydrogens is 456 g/mol. The van der Waals surface area contributed by atoms with Crippen LogP contribution >= 0.6 is 11.3 Å². The number of methoxy groups -OCH3 is 2. The minimum Gasteiger partial charge on any atom is -0.468 e. The number of fused-ring (bicyclic) bond motifs is 1. The zero-order valence-electron chi connectivity index (χ0n) is 17.5. The first-order chi connectivity index (χ1) is 15.2. The number of aromatic nitrogens is 1. The SMILES string of the molecule is CCS(=O)(=O)c1ccccc1C(=O)N=c1sc2cc(C(=O)OC)ccc2n1CC(=O)OC. The van der Waals surface area contributed by atoms with E-state index in [4.69, 9.17) is 9.47 Å². The Bertz CT molecular complexity index is 1380. The van der Waals surface area contributed by atoms with Gasteiger partial charge >= 0.3 is 11.9 Å². The molecule has 0 saturated carbocycles. The number of carbonyl (C=O) groups excluding carboxylic acids is 3. The van der Waals surface area contributed by atoms with Gasteiger partial charge < -0.3 is 14.0 Å². The zero-order valence-corrected chi connectivity index (χ0v) is 19.2. The van der Waals surface area contributed by atoms with Crippen molar-refractivity contribution in [1.29, 1.82) is 0 Å². The highest BCUT2D eigenvalue weighted by Crippen LogP contribution is 2.21. The van der Waals surface area contributed by atoms with E-state index in [0.717, 1.165) is 11.3 Å². The molecule has 0 aliphatic heterocycles. The summed E-state index contributed by atoms with van der Waals surface area (Å²) >= 11 is 1.07. The quantitative estimate of drug-likeness (QED) is 0.500. The van der Waals surface area contributed by atoms with Crippen molar-refractivity contribution in [3.8, 4) is 0 Å². The molecule has 9 nitrogen and oxygen atoms in total. The van der Waals surface area contributed by atoms with Crippen LogP contribution < -0.4 is 4.80 Å². The fourth-order valence-electron chi connectivity index (χ4n) is 2.97. The van der Waals surface area contributed by atoms with E-state index in [1.165, 1.54) is 50.0 Å². The number of amides is 1. The van der Waals surface area contributed by atoms with Crippen molar-refractivity contribution in [2.24, 2.45) is 4.99 Å². The fourth-order valence-corrected chi connectivity index (χ4v) is 5.12. The molecule has 0 bridgehead atoms. The number of esters is 2. The molecule has 1 amide bonds. The molecule has 1 aromatic heterocycles. The van der Waals surface area contributed by atoms with Crippen molar-refractivity contribution in [2.45, 2.75) is 18.4 Å². The molecule has 1 heterocycles. The van der Waals surface area contributed by atoms with Crippen molar-refractivity contribution in [3.05, 3.63) is 58.4 Å². The third-order valence-corrected chi connectivity index (χ3v) is 7.48. The van der Waals surface area contributed by atoms with Crippen LogP contribution in [0.3, 0.4) is 0 Å². The third-order valence-electron chi connectivity index (χ3n) is 4.65. The second kappa shape index (κ2) is 9.45. The lowest BCUT2D eigenvalue weighted by Crippen LogP contribution is -2.22. The van der Waals surface area contributed by atoms with Crippen LogP contribution in [0.2, 0.25) is 0 Å². The first kappa shape index (κ1) is 23.4. The van der Waals surface area contributed by atoms with Crippen molar-refractivity contribution >= 4 is 49.2 Å². The number of ether oxygens (including phenoxy) is 2. The molecule has 0 aliphatic carbocycles. The van der Waals surface area contributed by atoms with Crippen molar-refractivity contribution in [1.82, 2.24) is 4.57 Å². The molecule has 0 atom stereocenters. The molecule has 0 fully saturated rings. The fraction of sp³-hybridized carbons (Fsp3) is 0.238. The summed E-state index contributed by atoms with van der Waals surface area (Å²) in [6, 6.07) is 10.5. The van der Waals surface area contributed by atoms with Gasteiger partial charge in [-0.3, -0.25) is 9.59 Å². The Hall–Kier alpha value is -3.31. The Morgan fingerprint density at radius 1 is 1.06 bits per heavy atom. The molecule has 0 unspecified atom stereocenters. The largest absolute Gasteiger partial charge is 0.468 e. The highest BCUT2D eigenvalue weighted by Gasteiger charge is 2.21. The van der Waals surface area contributed by atoms with Gasteiger partial charge in [0.2, 0.25) is 0 Å². The Kier molecular flexibility index (Phi) is 6.90. The molecule has 0 saturated heterocycles. The summed E-state index contributed by atoms with van der Waals surface area (Å²) in [5, 5.41) is 0. The molecular formula is C21H20N2O7S2. The molecule has 3 aromatic rings. The molecule has 3 rings (SSSR count). The van der Waals surface area contributed by atoms with Gasteiger partial charge in [0.05, 0.1) is 46.2 Å². The average molecular weight is 477 g/mol. The monoisotopic (exact) mass is 476 g/mol. The zero-order chi connectivity index (χ0) is 23.5. The van der Waals surface area contributed by atoms with Gasteiger partial charge in [0.1, 0.15) is 6.54 Å². The lowest BCUT2D eigenvalue weighted by atomic mass is 10.2. The van der Waals surface area contributed by atoms with Gasteiger partial charge in [0.15, 0.2) is 14.6 Å². The Morgan fingerprint density at radius 3 is 2.44 bits per heavy atom. The number of hydrogen-bond donors (Lipinski definition) is 0. The van der Waals surface area contributed by atoms with Crippen LogP contribution in [0.4, 0.5) is 0 Å². The van der Waals surface area contributed by atoms with E-state index in [-0.39, 0.29) is 27.6 Å². The van der Waals surface area contributed by atoms with Crippen LogP contribution in [-0.2, 0) is 30.7 Å². The van der Waals surface area contributed by atoms with Gasteiger partial charge in [0, 0.05) is 0 Å². The van der Waals surface area contributed by atoms with E-state index in [1.807, 2.05) is 0 Å². The summed E-state index contributed by atoms with van der Waals surface area (Å²) in [6.07, 6.45) is 0. The van der Waals surface area contributed by atoms with Crippen molar-refractivity contribution in [3.63, 3.8) is 0 Å². The maximum atomic E-state index is 13.0. The van der Waals surface area contributed by atoms with Crippen LogP contribution in [0.5, 0.6) is 0 Å². The molecule has 0 spiro atoms. The van der Waals surface area contributed by atoms with Crippen molar-refractivity contribution < 1.29 is 32.3 Å². The van der Waals surface area contributed by atoms with Gasteiger partial charge in [-0.2, -0.15) is 4.99 Å². The molecule has 11 heteroatoms. The van der Waals surface area contributed by atoms with Gasteiger partial charge in [-0.25, -0.2) is 13.2 Å². The second-order valence-corrected chi connectivity index (χ2v) is 9.79. The number of hydrogen-bond acceptors (Lipinski definition) is 8. The summed E-state index contributed by atoms with van der Waals surface area (Å²) in [5.41, 5.74) is 0.782. The predicted octanol–water partition coefficient (Wildman–Crippen LogP) is 2.20. The Balaban J connectivity index is 2.21. The van der Waals surface area contributed by atoms with E-state index < -0.39 is 27.7 Å². The lowest BCUT2D eigenvalue weighted by Gasteiger charge is -2.06. The van der Waals surface area contributed by atoms with Crippen molar-refractivity contribution in [2.75, 3.05) is 20.0 Å². The van der Waals surface area contributed by atoms with E-state index in [1.54, 1.807) is 18.2 Å². The molecule has 0 N–H and O–H groups in total. The first-order valence-electron chi connectivity index (χ1n) is 9.41. The van der Waals surface area contributed by atoms with E-state index in [2.05, 4.69) is 4.99 Å². The maximum Gasteiger partial charge on any atom is 0.337 e. The summed E-state index contributed by atoms with van der Waals surface area (Å²) in [4.78, 5) is 41.0. The summed E-state index contributed by atoms with van der Waals surface area (Å²) in [7, 11) is -1.15. The number of nitrogens with zero attached hydrogens (tertiary/aromatic N) is 2. The first-order valence-corrected chi connectivity index (χ1v) is 11.9.